The highest BCUT2D eigenvalue weighted by Gasteiger charge is 2.30. The first-order valence-corrected chi connectivity index (χ1v) is 8.19. The SMILES string of the molecule is O=C(c1nc2ccccc2s1)N1CC[C@@H](Oc2cnccn2)C1. The van der Waals surface area contributed by atoms with Crippen molar-refractivity contribution >= 4 is 27.5 Å². The Morgan fingerprint density at radius 3 is 3.04 bits per heavy atom. The highest BCUT2D eigenvalue weighted by atomic mass is 32.1. The van der Waals surface area contributed by atoms with Gasteiger partial charge in [-0.25, -0.2) is 9.97 Å². The smallest absolute Gasteiger partial charge is 0.283 e. The van der Waals surface area contributed by atoms with E-state index in [9.17, 15) is 4.79 Å². The molecule has 1 aliphatic heterocycles. The molecule has 23 heavy (non-hydrogen) atoms. The Kier molecular flexibility index (Phi) is 3.63. The van der Waals surface area contributed by atoms with Crippen molar-refractivity contribution in [3.05, 3.63) is 47.9 Å². The quantitative estimate of drug-likeness (QED) is 0.739. The topological polar surface area (TPSA) is 68.2 Å². The summed E-state index contributed by atoms with van der Waals surface area (Å²) in [6.07, 6.45) is 5.51. The third-order valence-corrected chi connectivity index (χ3v) is 4.76. The molecule has 1 aliphatic rings. The van der Waals surface area contributed by atoms with Gasteiger partial charge < -0.3 is 9.64 Å². The maximum atomic E-state index is 12.6. The first kappa shape index (κ1) is 14.1. The van der Waals surface area contributed by atoms with Crippen molar-refractivity contribution in [1.82, 2.24) is 19.9 Å². The van der Waals surface area contributed by atoms with Crippen LogP contribution in [0.4, 0.5) is 0 Å². The van der Waals surface area contributed by atoms with Crippen LogP contribution in [0.25, 0.3) is 10.2 Å². The Labute approximate surface area is 136 Å². The second-order valence-electron chi connectivity index (χ2n) is 5.31. The molecule has 7 heteroatoms. The van der Waals surface area contributed by atoms with Gasteiger partial charge in [0.25, 0.3) is 5.91 Å². The predicted octanol–water partition coefficient (Wildman–Crippen LogP) is 2.38. The molecule has 116 valence electrons. The van der Waals surface area contributed by atoms with Gasteiger partial charge in [-0.15, -0.1) is 11.3 Å². The molecular weight excluding hydrogens is 312 g/mol. The average molecular weight is 326 g/mol. The summed E-state index contributed by atoms with van der Waals surface area (Å²) in [5.74, 6) is 0.461. The number of ether oxygens (including phenoxy) is 1. The zero-order chi connectivity index (χ0) is 15.6. The summed E-state index contributed by atoms with van der Waals surface area (Å²) >= 11 is 1.43. The summed E-state index contributed by atoms with van der Waals surface area (Å²) in [5, 5.41) is 0.534. The maximum absolute atomic E-state index is 12.6. The molecule has 0 bridgehead atoms. The number of amides is 1. The number of likely N-dealkylation sites (tertiary alicyclic amines) is 1. The minimum absolute atomic E-state index is 0.0311. The van der Waals surface area contributed by atoms with E-state index in [0.717, 1.165) is 16.6 Å². The molecule has 0 aliphatic carbocycles. The van der Waals surface area contributed by atoms with E-state index in [2.05, 4.69) is 15.0 Å². The van der Waals surface area contributed by atoms with Gasteiger partial charge in [-0.3, -0.25) is 9.78 Å². The summed E-state index contributed by atoms with van der Waals surface area (Å²) in [5.41, 5.74) is 0.868. The van der Waals surface area contributed by atoms with Crippen molar-refractivity contribution in [2.45, 2.75) is 12.5 Å². The standard InChI is InChI=1S/C16H14N4O2S/c21-16(15-19-12-3-1-2-4-13(12)23-15)20-8-5-11(10-20)22-14-9-17-6-7-18-14/h1-4,6-7,9,11H,5,8,10H2/t11-/m1/s1. The molecule has 0 N–H and O–H groups in total. The number of carbonyl (C=O) groups excluding carboxylic acids is 1. The molecule has 1 amide bonds. The lowest BCUT2D eigenvalue weighted by Crippen LogP contribution is -2.30. The lowest BCUT2D eigenvalue weighted by molar-refractivity contribution is 0.0771. The number of thiazole rings is 1. The number of benzene rings is 1. The molecule has 1 atom stereocenters. The molecule has 2 aromatic heterocycles. The van der Waals surface area contributed by atoms with Gasteiger partial charge >= 0.3 is 0 Å². The van der Waals surface area contributed by atoms with Crippen LogP contribution in [0, 0.1) is 0 Å². The molecule has 1 aromatic carbocycles. The lowest BCUT2D eigenvalue weighted by Gasteiger charge is -2.15. The Balaban J connectivity index is 1.45. The number of rotatable bonds is 3. The fourth-order valence-corrected chi connectivity index (χ4v) is 3.56. The number of aromatic nitrogens is 3. The largest absolute Gasteiger partial charge is 0.471 e. The van der Waals surface area contributed by atoms with Crippen molar-refractivity contribution in [2.24, 2.45) is 0 Å². The molecule has 3 heterocycles. The molecule has 0 unspecified atom stereocenters. The number of hydrogen-bond acceptors (Lipinski definition) is 6. The number of para-hydroxylation sites is 1. The fraction of sp³-hybridized carbons (Fsp3) is 0.250. The molecule has 1 saturated heterocycles. The second kappa shape index (κ2) is 5.92. The van der Waals surface area contributed by atoms with Crippen LogP contribution in [0.5, 0.6) is 5.88 Å². The van der Waals surface area contributed by atoms with E-state index in [1.165, 1.54) is 11.3 Å². The van der Waals surface area contributed by atoms with Crippen LogP contribution >= 0.6 is 11.3 Å². The number of nitrogens with zero attached hydrogens (tertiary/aromatic N) is 4. The lowest BCUT2D eigenvalue weighted by atomic mass is 10.3. The van der Waals surface area contributed by atoms with Crippen LogP contribution in [0.15, 0.2) is 42.9 Å². The first-order valence-electron chi connectivity index (χ1n) is 7.37. The molecule has 0 radical (unpaired) electrons. The number of fused-ring (bicyclic) bond motifs is 1. The Hall–Kier alpha value is -2.54. The van der Waals surface area contributed by atoms with Crippen LogP contribution in [-0.4, -0.2) is 45.0 Å². The van der Waals surface area contributed by atoms with Gasteiger partial charge in [0.2, 0.25) is 5.88 Å². The molecule has 6 nitrogen and oxygen atoms in total. The van der Waals surface area contributed by atoms with Crippen molar-refractivity contribution in [3.63, 3.8) is 0 Å². The van der Waals surface area contributed by atoms with Crippen LogP contribution in [0.3, 0.4) is 0 Å². The van der Waals surface area contributed by atoms with E-state index < -0.39 is 0 Å². The summed E-state index contributed by atoms with van der Waals surface area (Å²) in [6.45, 7) is 1.21. The summed E-state index contributed by atoms with van der Waals surface area (Å²) in [4.78, 5) is 26.9. The van der Waals surface area contributed by atoms with E-state index in [1.54, 1.807) is 23.5 Å². The Morgan fingerprint density at radius 1 is 1.30 bits per heavy atom. The normalized spacial score (nSPS) is 17.6. The van der Waals surface area contributed by atoms with E-state index >= 15 is 0 Å². The van der Waals surface area contributed by atoms with E-state index in [4.69, 9.17) is 4.74 Å². The highest BCUT2D eigenvalue weighted by molar-refractivity contribution is 7.20. The van der Waals surface area contributed by atoms with Crippen LogP contribution in [0.2, 0.25) is 0 Å². The molecule has 3 aromatic rings. The summed E-state index contributed by atoms with van der Waals surface area (Å²) < 4.78 is 6.80. The van der Waals surface area contributed by atoms with Gasteiger partial charge in [0.1, 0.15) is 6.10 Å². The van der Waals surface area contributed by atoms with E-state index in [1.807, 2.05) is 24.3 Å². The van der Waals surface area contributed by atoms with Gasteiger partial charge in [-0.1, -0.05) is 12.1 Å². The third kappa shape index (κ3) is 2.87. The van der Waals surface area contributed by atoms with Gasteiger partial charge in [-0.05, 0) is 12.1 Å². The van der Waals surface area contributed by atoms with Gasteiger partial charge in [0, 0.05) is 25.4 Å². The van der Waals surface area contributed by atoms with Gasteiger partial charge in [0.05, 0.1) is 23.0 Å². The minimum atomic E-state index is -0.0509. The van der Waals surface area contributed by atoms with Crippen molar-refractivity contribution in [3.8, 4) is 5.88 Å². The zero-order valence-electron chi connectivity index (χ0n) is 12.3. The van der Waals surface area contributed by atoms with E-state index in [0.29, 0.717) is 24.0 Å². The minimum Gasteiger partial charge on any atom is -0.471 e. The van der Waals surface area contributed by atoms with E-state index in [-0.39, 0.29) is 12.0 Å². The van der Waals surface area contributed by atoms with Crippen LogP contribution < -0.4 is 4.74 Å². The molecule has 0 saturated carbocycles. The second-order valence-corrected chi connectivity index (χ2v) is 6.34. The van der Waals surface area contributed by atoms with Crippen molar-refractivity contribution < 1.29 is 9.53 Å². The molecule has 0 spiro atoms. The van der Waals surface area contributed by atoms with Crippen LogP contribution in [-0.2, 0) is 0 Å². The third-order valence-electron chi connectivity index (χ3n) is 3.74. The number of hydrogen-bond donors (Lipinski definition) is 0. The number of carbonyl (C=O) groups is 1. The Bertz CT molecular complexity index is 803. The summed E-state index contributed by atoms with van der Waals surface area (Å²) in [6, 6.07) is 7.78. The monoisotopic (exact) mass is 326 g/mol. The van der Waals surface area contributed by atoms with Crippen molar-refractivity contribution in [2.75, 3.05) is 13.1 Å². The maximum Gasteiger partial charge on any atom is 0.283 e. The van der Waals surface area contributed by atoms with Crippen molar-refractivity contribution in [1.29, 1.82) is 0 Å². The zero-order valence-corrected chi connectivity index (χ0v) is 13.1. The fourth-order valence-electron chi connectivity index (χ4n) is 2.62. The van der Waals surface area contributed by atoms with Gasteiger partial charge in [-0.2, -0.15) is 0 Å². The highest BCUT2D eigenvalue weighted by Crippen LogP contribution is 2.24. The average Bonchev–Trinajstić information content (AvgIpc) is 3.21. The van der Waals surface area contributed by atoms with Gasteiger partial charge in [0.15, 0.2) is 5.01 Å². The first-order chi connectivity index (χ1) is 11.3. The molecule has 4 rings (SSSR count). The Morgan fingerprint density at radius 2 is 2.22 bits per heavy atom. The predicted molar refractivity (Wildman–Crippen MR) is 86.6 cm³/mol. The molecular formula is C16H14N4O2S. The molecule has 1 fully saturated rings. The summed E-state index contributed by atoms with van der Waals surface area (Å²) in [7, 11) is 0. The van der Waals surface area contributed by atoms with Crippen LogP contribution in [0.1, 0.15) is 16.2 Å².